The number of hydrogen-bond donors (Lipinski definition) is 1. The van der Waals surface area contributed by atoms with Gasteiger partial charge < -0.3 is 14.8 Å². The summed E-state index contributed by atoms with van der Waals surface area (Å²) in [5.41, 5.74) is 1.73. The molecule has 1 unspecified atom stereocenters. The number of carbonyl (C=O) groups excluding carboxylic acids is 1. The van der Waals surface area contributed by atoms with E-state index in [0.717, 1.165) is 5.56 Å². The zero-order chi connectivity index (χ0) is 21.0. The summed E-state index contributed by atoms with van der Waals surface area (Å²) >= 11 is 0. The number of aromatic nitrogens is 2. The van der Waals surface area contributed by atoms with Gasteiger partial charge in [-0.1, -0.05) is 12.1 Å². The van der Waals surface area contributed by atoms with Crippen molar-refractivity contribution in [3.8, 4) is 11.5 Å². The van der Waals surface area contributed by atoms with E-state index >= 15 is 0 Å². The normalized spacial score (nSPS) is 17.7. The summed E-state index contributed by atoms with van der Waals surface area (Å²) in [4.78, 5) is 12.4. The molecule has 9 heteroatoms. The van der Waals surface area contributed by atoms with Crippen LogP contribution in [0.25, 0.3) is 0 Å². The number of carbonyl (C=O) groups is 1. The van der Waals surface area contributed by atoms with Gasteiger partial charge in [-0.3, -0.25) is 4.79 Å². The van der Waals surface area contributed by atoms with Crippen molar-refractivity contribution in [2.75, 3.05) is 30.5 Å². The summed E-state index contributed by atoms with van der Waals surface area (Å²) in [5, 5.41) is 7.12. The molecule has 156 valence electrons. The van der Waals surface area contributed by atoms with Crippen molar-refractivity contribution < 1.29 is 22.7 Å². The summed E-state index contributed by atoms with van der Waals surface area (Å²) in [6, 6.07) is 6.92. The minimum atomic E-state index is -3.06. The Labute approximate surface area is 170 Å². The molecule has 1 fully saturated rings. The molecular weight excluding hydrogens is 394 g/mol. The highest BCUT2D eigenvalue weighted by atomic mass is 32.2. The Kier molecular flexibility index (Phi) is 6.26. The molecule has 8 nitrogen and oxygen atoms in total. The molecule has 1 aliphatic heterocycles. The molecular formula is C20H25N3O5S. The van der Waals surface area contributed by atoms with Crippen LogP contribution in [0.3, 0.4) is 0 Å². The number of rotatable bonds is 8. The average Bonchev–Trinajstić information content (AvgIpc) is 3.22. The molecule has 1 amide bonds. The number of aryl methyl sites for hydroxylation is 1. The van der Waals surface area contributed by atoms with Gasteiger partial charge in [0.05, 0.1) is 30.4 Å². The first-order chi connectivity index (χ1) is 13.8. The van der Waals surface area contributed by atoms with Gasteiger partial charge in [0.2, 0.25) is 0 Å². The molecule has 3 rings (SSSR count). The Morgan fingerprint density at radius 3 is 2.83 bits per heavy atom. The summed E-state index contributed by atoms with van der Waals surface area (Å²) in [5.74, 6) is 1.25. The van der Waals surface area contributed by atoms with Crippen LogP contribution in [-0.4, -0.2) is 49.3 Å². The van der Waals surface area contributed by atoms with Crippen molar-refractivity contribution in [1.29, 1.82) is 0 Å². The van der Waals surface area contributed by atoms with E-state index in [-0.39, 0.29) is 30.1 Å². The van der Waals surface area contributed by atoms with Crippen LogP contribution < -0.4 is 14.8 Å². The molecule has 0 radical (unpaired) electrons. The van der Waals surface area contributed by atoms with Crippen molar-refractivity contribution in [2.45, 2.75) is 25.8 Å². The zero-order valence-corrected chi connectivity index (χ0v) is 17.4. The molecule has 2 heterocycles. The summed E-state index contributed by atoms with van der Waals surface area (Å²) in [6.45, 7) is 5.29. The monoisotopic (exact) mass is 419 g/mol. The number of nitrogens with zero attached hydrogens (tertiary/aromatic N) is 2. The maximum absolute atomic E-state index is 12.4. The van der Waals surface area contributed by atoms with Gasteiger partial charge in [-0.15, -0.1) is 6.58 Å². The van der Waals surface area contributed by atoms with E-state index in [9.17, 15) is 13.2 Å². The Morgan fingerprint density at radius 2 is 2.17 bits per heavy atom. The number of anilines is 1. The van der Waals surface area contributed by atoms with Crippen LogP contribution in [0.1, 0.15) is 23.7 Å². The van der Waals surface area contributed by atoms with Crippen LogP contribution in [0.4, 0.5) is 5.82 Å². The van der Waals surface area contributed by atoms with Crippen molar-refractivity contribution in [2.24, 2.45) is 0 Å². The SMILES string of the molecule is C=CCc1ccc(OCC(=O)Nc2cc(C)nn2C2CCS(=O)(=O)C2)c(OC)c1. The lowest BCUT2D eigenvalue weighted by atomic mass is 10.1. The summed E-state index contributed by atoms with van der Waals surface area (Å²) in [6.07, 6.45) is 2.98. The Morgan fingerprint density at radius 1 is 1.38 bits per heavy atom. The fraction of sp³-hybridized carbons (Fsp3) is 0.400. The highest BCUT2D eigenvalue weighted by Crippen LogP contribution is 2.29. The third-order valence-electron chi connectivity index (χ3n) is 4.65. The highest BCUT2D eigenvalue weighted by Gasteiger charge is 2.31. The molecule has 1 atom stereocenters. The van der Waals surface area contributed by atoms with Gasteiger partial charge in [0.15, 0.2) is 27.9 Å². The number of methoxy groups -OCH3 is 1. The largest absolute Gasteiger partial charge is 0.493 e. The summed E-state index contributed by atoms with van der Waals surface area (Å²) < 4.78 is 36.1. The predicted molar refractivity (Wildman–Crippen MR) is 110 cm³/mol. The van der Waals surface area contributed by atoms with E-state index < -0.39 is 9.84 Å². The number of sulfone groups is 1. The fourth-order valence-electron chi connectivity index (χ4n) is 3.30. The average molecular weight is 420 g/mol. The first-order valence-electron chi connectivity index (χ1n) is 9.28. The van der Waals surface area contributed by atoms with Crippen molar-refractivity contribution in [3.63, 3.8) is 0 Å². The van der Waals surface area contributed by atoms with Gasteiger partial charge >= 0.3 is 0 Å². The van der Waals surface area contributed by atoms with E-state index in [1.807, 2.05) is 12.1 Å². The molecule has 1 saturated heterocycles. The highest BCUT2D eigenvalue weighted by molar-refractivity contribution is 7.91. The Bertz CT molecular complexity index is 1010. The quantitative estimate of drug-likeness (QED) is 0.659. The van der Waals surface area contributed by atoms with Gasteiger partial charge in [-0.25, -0.2) is 13.1 Å². The topological polar surface area (TPSA) is 99.5 Å². The van der Waals surface area contributed by atoms with Gasteiger partial charge in [0.25, 0.3) is 5.91 Å². The van der Waals surface area contributed by atoms with Gasteiger partial charge in [-0.2, -0.15) is 5.10 Å². The molecule has 0 saturated carbocycles. The van der Waals surface area contributed by atoms with Crippen molar-refractivity contribution >= 4 is 21.6 Å². The van der Waals surface area contributed by atoms with Crippen LogP contribution in [0, 0.1) is 6.92 Å². The number of hydrogen-bond acceptors (Lipinski definition) is 6. The van der Waals surface area contributed by atoms with Crippen LogP contribution in [-0.2, 0) is 21.1 Å². The fourth-order valence-corrected chi connectivity index (χ4v) is 5.00. The second-order valence-electron chi connectivity index (χ2n) is 6.99. The van der Waals surface area contributed by atoms with Crippen LogP contribution >= 0.6 is 0 Å². The number of amides is 1. The second kappa shape index (κ2) is 8.69. The molecule has 0 aliphatic carbocycles. The minimum absolute atomic E-state index is 0.0295. The maximum Gasteiger partial charge on any atom is 0.263 e. The first kappa shape index (κ1) is 20.9. The van der Waals surface area contributed by atoms with Gasteiger partial charge in [-0.05, 0) is 37.5 Å². The van der Waals surface area contributed by atoms with Crippen molar-refractivity contribution in [1.82, 2.24) is 9.78 Å². The van der Waals surface area contributed by atoms with E-state index in [2.05, 4.69) is 17.0 Å². The standard InChI is InChI=1S/C20H25N3O5S/c1-4-5-15-6-7-17(18(11-15)27-3)28-12-20(24)21-19-10-14(2)22-23(19)16-8-9-29(25,26)13-16/h4,6-7,10-11,16H,1,5,8-9,12-13H2,2-3H3,(H,21,24). The first-order valence-corrected chi connectivity index (χ1v) is 11.1. The molecule has 1 aliphatic rings. The molecule has 29 heavy (non-hydrogen) atoms. The molecule has 1 aromatic carbocycles. The maximum atomic E-state index is 12.4. The summed E-state index contributed by atoms with van der Waals surface area (Å²) in [7, 11) is -1.52. The van der Waals surface area contributed by atoms with E-state index in [1.54, 1.807) is 29.8 Å². The predicted octanol–water partition coefficient (Wildman–Crippen LogP) is 2.31. The van der Waals surface area contributed by atoms with E-state index in [0.29, 0.717) is 35.9 Å². The lowest BCUT2D eigenvalue weighted by molar-refractivity contribution is -0.118. The van der Waals surface area contributed by atoms with Gasteiger partial charge in [0.1, 0.15) is 5.82 Å². The van der Waals surface area contributed by atoms with Crippen LogP contribution in [0.5, 0.6) is 11.5 Å². The van der Waals surface area contributed by atoms with Crippen LogP contribution in [0.2, 0.25) is 0 Å². The number of nitrogens with one attached hydrogen (secondary N) is 1. The van der Waals surface area contributed by atoms with Crippen molar-refractivity contribution in [3.05, 3.63) is 48.2 Å². The number of allylic oxidation sites excluding steroid dienone is 1. The minimum Gasteiger partial charge on any atom is -0.493 e. The zero-order valence-electron chi connectivity index (χ0n) is 16.6. The number of ether oxygens (including phenoxy) is 2. The van der Waals surface area contributed by atoms with Gasteiger partial charge in [0, 0.05) is 6.07 Å². The molecule has 0 spiro atoms. The van der Waals surface area contributed by atoms with Crippen LogP contribution in [0.15, 0.2) is 36.9 Å². The van der Waals surface area contributed by atoms with E-state index in [1.165, 1.54) is 7.11 Å². The number of benzene rings is 1. The smallest absolute Gasteiger partial charge is 0.263 e. The second-order valence-corrected chi connectivity index (χ2v) is 9.22. The van der Waals surface area contributed by atoms with E-state index in [4.69, 9.17) is 9.47 Å². The molecule has 2 aromatic rings. The molecule has 1 N–H and O–H groups in total. The third kappa shape index (κ3) is 5.17. The third-order valence-corrected chi connectivity index (χ3v) is 6.40. The Hall–Kier alpha value is -2.81. The Balaban J connectivity index is 1.66. The molecule has 0 bridgehead atoms. The molecule has 1 aromatic heterocycles. The lowest BCUT2D eigenvalue weighted by Gasteiger charge is -2.15. The lowest BCUT2D eigenvalue weighted by Crippen LogP contribution is -2.24.